The fourth-order valence-electron chi connectivity index (χ4n) is 3.69. The fraction of sp³-hybridized carbons (Fsp3) is 0.318. The van der Waals surface area contributed by atoms with Crippen molar-refractivity contribution >= 4 is 28.4 Å². The molecule has 6 nitrogen and oxygen atoms in total. The second kappa shape index (κ2) is 7.94. The molecular weight excluding hydrogens is 350 g/mol. The van der Waals surface area contributed by atoms with E-state index in [2.05, 4.69) is 40.3 Å². The van der Waals surface area contributed by atoms with Gasteiger partial charge in [-0.15, -0.1) is 0 Å². The third kappa shape index (κ3) is 4.12. The van der Waals surface area contributed by atoms with E-state index in [1.807, 2.05) is 30.5 Å². The van der Waals surface area contributed by atoms with Gasteiger partial charge in [0.05, 0.1) is 5.52 Å². The van der Waals surface area contributed by atoms with Crippen molar-refractivity contribution in [1.29, 1.82) is 0 Å². The smallest absolute Gasteiger partial charge is 0.227 e. The lowest BCUT2D eigenvalue weighted by Gasteiger charge is -2.30. The minimum absolute atomic E-state index is 0.0106. The maximum absolute atomic E-state index is 11.4. The van der Waals surface area contributed by atoms with Gasteiger partial charge in [-0.3, -0.25) is 9.69 Å². The summed E-state index contributed by atoms with van der Waals surface area (Å²) in [6, 6.07) is 14.4. The molecule has 1 fully saturated rings. The number of aromatic nitrogens is 2. The van der Waals surface area contributed by atoms with Crippen LogP contribution in [0.2, 0.25) is 0 Å². The second-order valence-electron chi connectivity index (χ2n) is 7.49. The molecule has 1 amide bonds. The summed E-state index contributed by atoms with van der Waals surface area (Å²) in [7, 11) is 0. The number of hydrogen-bond donors (Lipinski definition) is 2. The minimum Gasteiger partial charge on any atom is -0.369 e. The standard InChI is InChI=1S/C22H25N5O/c1-15-5-7-19(8-6-15)25-22-24-13-17-3-2-4-18(20(17)26-22)14-27-11-9-16(10-12-27)21(23)28/h2-8,13,16H,9-12,14H2,1H3,(H2,23,28)(H,24,25,26). The van der Waals surface area contributed by atoms with Gasteiger partial charge in [-0.2, -0.15) is 0 Å². The molecule has 0 bridgehead atoms. The number of benzene rings is 2. The molecule has 2 aromatic carbocycles. The number of nitrogens with two attached hydrogens (primary N) is 1. The SMILES string of the molecule is Cc1ccc(Nc2ncc3cccc(CN4CCC(C(N)=O)CC4)c3n2)cc1. The minimum atomic E-state index is -0.177. The number of carbonyl (C=O) groups is 1. The van der Waals surface area contributed by atoms with Crippen LogP contribution in [0.15, 0.2) is 48.7 Å². The molecule has 28 heavy (non-hydrogen) atoms. The highest BCUT2D eigenvalue weighted by atomic mass is 16.1. The van der Waals surface area contributed by atoms with E-state index < -0.39 is 0 Å². The Balaban J connectivity index is 1.53. The zero-order chi connectivity index (χ0) is 19.5. The van der Waals surface area contributed by atoms with Gasteiger partial charge in [-0.05, 0) is 50.6 Å². The van der Waals surface area contributed by atoms with Crippen LogP contribution in [0.4, 0.5) is 11.6 Å². The highest BCUT2D eigenvalue weighted by Gasteiger charge is 2.23. The number of carbonyl (C=O) groups excluding carboxylic acids is 1. The van der Waals surface area contributed by atoms with Crippen LogP contribution < -0.4 is 11.1 Å². The van der Waals surface area contributed by atoms with Crippen molar-refractivity contribution in [3.8, 4) is 0 Å². The van der Waals surface area contributed by atoms with E-state index in [0.29, 0.717) is 5.95 Å². The average Bonchev–Trinajstić information content (AvgIpc) is 2.70. The van der Waals surface area contributed by atoms with E-state index in [1.165, 1.54) is 11.1 Å². The number of nitrogens with one attached hydrogen (secondary N) is 1. The van der Waals surface area contributed by atoms with E-state index >= 15 is 0 Å². The van der Waals surface area contributed by atoms with Gasteiger partial charge >= 0.3 is 0 Å². The Morgan fingerprint density at radius 1 is 1.18 bits per heavy atom. The van der Waals surface area contributed by atoms with E-state index in [-0.39, 0.29) is 11.8 Å². The van der Waals surface area contributed by atoms with Gasteiger partial charge in [0.15, 0.2) is 0 Å². The van der Waals surface area contributed by atoms with Gasteiger partial charge in [-0.25, -0.2) is 9.97 Å². The Morgan fingerprint density at radius 3 is 2.64 bits per heavy atom. The predicted octanol–water partition coefficient (Wildman–Crippen LogP) is 3.38. The number of amides is 1. The molecule has 0 saturated carbocycles. The maximum Gasteiger partial charge on any atom is 0.227 e. The summed E-state index contributed by atoms with van der Waals surface area (Å²) in [5.74, 6) is 0.428. The molecule has 6 heteroatoms. The molecular formula is C22H25N5O. The highest BCUT2D eigenvalue weighted by Crippen LogP contribution is 2.23. The number of anilines is 2. The average molecular weight is 375 g/mol. The Kier molecular flexibility index (Phi) is 5.21. The van der Waals surface area contributed by atoms with Crippen molar-refractivity contribution < 1.29 is 4.79 Å². The summed E-state index contributed by atoms with van der Waals surface area (Å²) in [6.45, 7) is 4.63. The van der Waals surface area contributed by atoms with Crippen molar-refractivity contribution in [3.05, 3.63) is 59.8 Å². The summed E-state index contributed by atoms with van der Waals surface area (Å²) < 4.78 is 0. The molecule has 144 valence electrons. The van der Waals surface area contributed by atoms with Crippen LogP contribution >= 0.6 is 0 Å². The van der Waals surface area contributed by atoms with Crippen LogP contribution in [0.25, 0.3) is 10.9 Å². The van der Waals surface area contributed by atoms with E-state index in [1.54, 1.807) is 0 Å². The van der Waals surface area contributed by atoms with Gasteiger partial charge < -0.3 is 11.1 Å². The second-order valence-corrected chi connectivity index (χ2v) is 7.49. The van der Waals surface area contributed by atoms with Gasteiger partial charge in [0, 0.05) is 29.7 Å². The molecule has 0 atom stereocenters. The first-order valence-electron chi connectivity index (χ1n) is 9.68. The molecule has 0 aliphatic carbocycles. The van der Waals surface area contributed by atoms with Crippen molar-refractivity contribution in [3.63, 3.8) is 0 Å². The molecule has 1 aliphatic rings. The van der Waals surface area contributed by atoms with Crippen molar-refractivity contribution in [2.75, 3.05) is 18.4 Å². The zero-order valence-electron chi connectivity index (χ0n) is 16.1. The molecule has 0 radical (unpaired) electrons. The first kappa shape index (κ1) is 18.4. The molecule has 0 spiro atoms. The zero-order valence-corrected chi connectivity index (χ0v) is 16.1. The van der Waals surface area contributed by atoms with Gasteiger partial charge in [0.1, 0.15) is 0 Å². The van der Waals surface area contributed by atoms with Gasteiger partial charge in [0.2, 0.25) is 11.9 Å². The maximum atomic E-state index is 11.4. The molecule has 1 aromatic heterocycles. The summed E-state index contributed by atoms with van der Waals surface area (Å²) in [6.07, 6.45) is 3.52. The normalized spacial score (nSPS) is 15.6. The summed E-state index contributed by atoms with van der Waals surface area (Å²) in [5, 5.41) is 4.31. The number of fused-ring (bicyclic) bond motifs is 1. The van der Waals surface area contributed by atoms with Crippen LogP contribution in [0.1, 0.15) is 24.0 Å². The van der Waals surface area contributed by atoms with E-state index in [9.17, 15) is 4.79 Å². The number of likely N-dealkylation sites (tertiary alicyclic amines) is 1. The third-order valence-electron chi connectivity index (χ3n) is 5.39. The van der Waals surface area contributed by atoms with Crippen LogP contribution in [0.5, 0.6) is 0 Å². The van der Waals surface area contributed by atoms with Crippen LogP contribution in [-0.4, -0.2) is 33.9 Å². The number of piperidine rings is 1. The van der Waals surface area contributed by atoms with Crippen molar-refractivity contribution in [2.24, 2.45) is 11.7 Å². The number of nitrogens with zero attached hydrogens (tertiary/aromatic N) is 3. The number of primary amides is 1. The largest absolute Gasteiger partial charge is 0.369 e. The Bertz CT molecular complexity index is 978. The number of aryl methyl sites for hydroxylation is 1. The van der Waals surface area contributed by atoms with Crippen molar-refractivity contribution in [1.82, 2.24) is 14.9 Å². The van der Waals surface area contributed by atoms with Crippen LogP contribution in [0, 0.1) is 12.8 Å². The number of rotatable bonds is 5. The Morgan fingerprint density at radius 2 is 1.93 bits per heavy atom. The summed E-state index contributed by atoms with van der Waals surface area (Å²) >= 11 is 0. The lowest BCUT2D eigenvalue weighted by atomic mass is 9.96. The fourth-order valence-corrected chi connectivity index (χ4v) is 3.69. The first-order valence-corrected chi connectivity index (χ1v) is 9.68. The highest BCUT2D eigenvalue weighted by molar-refractivity contribution is 5.82. The molecule has 0 unspecified atom stereocenters. The molecule has 1 aliphatic heterocycles. The quantitative estimate of drug-likeness (QED) is 0.714. The van der Waals surface area contributed by atoms with Crippen molar-refractivity contribution in [2.45, 2.75) is 26.3 Å². The van der Waals surface area contributed by atoms with E-state index in [4.69, 9.17) is 10.7 Å². The predicted molar refractivity (Wildman–Crippen MR) is 111 cm³/mol. The van der Waals surface area contributed by atoms with E-state index in [0.717, 1.165) is 49.1 Å². The summed E-state index contributed by atoms with van der Waals surface area (Å²) in [4.78, 5) is 23.0. The monoisotopic (exact) mass is 375 g/mol. The molecule has 3 N–H and O–H groups in total. The lowest BCUT2D eigenvalue weighted by Crippen LogP contribution is -2.38. The number of para-hydroxylation sites is 1. The molecule has 1 saturated heterocycles. The van der Waals surface area contributed by atoms with Gasteiger partial charge in [0.25, 0.3) is 0 Å². The Labute approximate surface area is 164 Å². The van der Waals surface area contributed by atoms with Crippen LogP contribution in [-0.2, 0) is 11.3 Å². The number of hydrogen-bond acceptors (Lipinski definition) is 5. The molecule has 3 aromatic rings. The first-order chi connectivity index (χ1) is 13.6. The van der Waals surface area contributed by atoms with Crippen LogP contribution in [0.3, 0.4) is 0 Å². The molecule has 2 heterocycles. The molecule has 4 rings (SSSR count). The topological polar surface area (TPSA) is 84.1 Å². The third-order valence-corrected chi connectivity index (χ3v) is 5.39. The summed E-state index contributed by atoms with van der Waals surface area (Å²) in [5.41, 5.74) is 9.76. The lowest BCUT2D eigenvalue weighted by molar-refractivity contribution is -0.123. The van der Waals surface area contributed by atoms with Gasteiger partial charge in [-0.1, -0.05) is 35.9 Å². The Hall–Kier alpha value is -2.99.